The molecular formula is C27H28ClF3N8O5S. The number of aliphatic hydroxyl groups is 1. The number of nitrogens with one attached hydrogen (secondary N) is 2. The van der Waals surface area contributed by atoms with E-state index < -0.39 is 33.9 Å². The van der Waals surface area contributed by atoms with Crippen molar-refractivity contribution in [1.82, 2.24) is 29.0 Å². The second-order valence-electron chi connectivity index (χ2n) is 11.0. The van der Waals surface area contributed by atoms with Crippen molar-refractivity contribution in [2.24, 2.45) is 7.05 Å². The van der Waals surface area contributed by atoms with Gasteiger partial charge in [-0.05, 0) is 44.5 Å². The highest BCUT2D eigenvalue weighted by atomic mass is 35.5. The minimum Gasteiger partial charge on any atom is -0.377 e. The van der Waals surface area contributed by atoms with Crippen molar-refractivity contribution in [3.63, 3.8) is 0 Å². The normalized spacial score (nSPS) is 15.6. The number of pyridine rings is 1. The van der Waals surface area contributed by atoms with E-state index in [4.69, 9.17) is 16.6 Å². The van der Waals surface area contributed by atoms with E-state index in [9.17, 15) is 36.3 Å². The zero-order chi connectivity index (χ0) is 33.2. The number of hydrogen-bond acceptors (Lipinski definition) is 10. The summed E-state index contributed by atoms with van der Waals surface area (Å²) in [6.45, 7) is 4.28. The van der Waals surface area contributed by atoms with E-state index in [2.05, 4.69) is 15.4 Å². The van der Waals surface area contributed by atoms with Gasteiger partial charge >= 0.3 is 6.18 Å². The second-order valence-corrected chi connectivity index (χ2v) is 13.2. The largest absolute Gasteiger partial charge is 0.438 e. The maximum absolute atomic E-state index is 13.6. The lowest BCUT2D eigenvalue weighted by Gasteiger charge is -2.27. The van der Waals surface area contributed by atoms with Gasteiger partial charge in [0.1, 0.15) is 5.15 Å². The molecule has 1 aromatic carbocycles. The third kappa shape index (κ3) is 6.06. The number of anilines is 2. The van der Waals surface area contributed by atoms with Crippen LogP contribution in [0.1, 0.15) is 52.8 Å². The molecule has 18 heteroatoms. The van der Waals surface area contributed by atoms with Gasteiger partial charge in [-0.15, -0.1) is 0 Å². The summed E-state index contributed by atoms with van der Waals surface area (Å²) in [5, 5.41) is 17.4. The van der Waals surface area contributed by atoms with E-state index in [1.54, 1.807) is 30.9 Å². The summed E-state index contributed by atoms with van der Waals surface area (Å²) < 4.78 is 67.1. The van der Waals surface area contributed by atoms with E-state index in [1.807, 2.05) is 4.72 Å². The van der Waals surface area contributed by atoms with E-state index in [0.29, 0.717) is 39.3 Å². The Labute approximate surface area is 259 Å². The third-order valence-electron chi connectivity index (χ3n) is 7.37. The summed E-state index contributed by atoms with van der Waals surface area (Å²) in [4.78, 5) is 36.8. The zero-order valence-corrected chi connectivity index (χ0v) is 26.1. The molecule has 4 aromatic rings. The highest BCUT2D eigenvalue weighted by molar-refractivity contribution is 7.89. The van der Waals surface area contributed by atoms with Crippen LogP contribution in [0.4, 0.5) is 24.8 Å². The van der Waals surface area contributed by atoms with Gasteiger partial charge in [-0.2, -0.15) is 18.3 Å². The van der Waals surface area contributed by atoms with Crippen LogP contribution < -0.4 is 20.5 Å². The Hall–Kier alpha value is -4.22. The summed E-state index contributed by atoms with van der Waals surface area (Å²) >= 11 is 5.98. The van der Waals surface area contributed by atoms with Gasteiger partial charge in [0.15, 0.2) is 5.69 Å². The quantitative estimate of drug-likeness (QED) is 0.249. The summed E-state index contributed by atoms with van der Waals surface area (Å²) in [6, 6.07) is 5.77. The van der Waals surface area contributed by atoms with Crippen LogP contribution in [0.2, 0.25) is 5.15 Å². The third-order valence-corrected chi connectivity index (χ3v) is 8.14. The zero-order valence-electron chi connectivity index (χ0n) is 24.6. The van der Waals surface area contributed by atoms with Gasteiger partial charge in [0.05, 0.1) is 41.1 Å². The number of amides is 1. The minimum absolute atomic E-state index is 0.0340. The average molecular weight is 669 g/mol. The molecule has 0 aliphatic carbocycles. The first-order chi connectivity index (χ1) is 20.8. The molecule has 0 saturated heterocycles. The van der Waals surface area contributed by atoms with Crippen molar-refractivity contribution < 1.29 is 31.5 Å². The fourth-order valence-electron chi connectivity index (χ4n) is 5.05. The molecule has 1 aliphatic rings. The van der Waals surface area contributed by atoms with Gasteiger partial charge in [-0.25, -0.2) is 27.8 Å². The van der Waals surface area contributed by atoms with Crippen molar-refractivity contribution in [3.05, 3.63) is 74.0 Å². The topological polar surface area (TPSA) is 164 Å². The maximum atomic E-state index is 13.6. The minimum atomic E-state index is -4.95. The second kappa shape index (κ2) is 11.0. The molecule has 1 aliphatic heterocycles. The van der Waals surface area contributed by atoms with Gasteiger partial charge in [-0.3, -0.25) is 14.2 Å². The van der Waals surface area contributed by atoms with E-state index >= 15 is 0 Å². The Morgan fingerprint density at radius 1 is 1.18 bits per heavy atom. The van der Waals surface area contributed by atoms with Crippen molar-refractivity contribution in [2.45, 2.75) is 51.8 Å². The monoisotopic (exact) mass is 668 g/mol. The molecule has 13 nitrogen and oxygen atoms in total. The number of aromatic nitrogens is 5. The van der Waals surface area contributed by atoms with Gasteiger partial charge in [0, 0.05) is 30.9 Å². The van der Waals surface area contributed by atoms with Gasteiger partial charge in [0.25, 0.3) is 17.2 Å². The van der Waals surface area contributed by atoms with Crippen LogP contribution in [0.3, 0.4) is 0 Å². The number of hydrogen-bond donors (Lipinski definition) is 3. The van der Waals surface area contributed by atoms with Crippen LogP contribution >= 0.6 is 11.6 Å². The lowest BCUT2D eigenvalue weighted by Crippen LogP contribution is -2.45. The first-order valence-corrected chi connectivity index (χ1v) is 15.6. The molecule has 3 aromatic heterocycles. The molecule has 4 heterocycles. The van der Waals surface area contributed by atoms with Crippen LogP contribution in [0.25, 0.3) is 10.9 Å². The van der Waals surface area contributed by atoms with Crippen LogP contribution in [0, 0.1) is 6.92 Å². The Morgan fingerprint density at radius 3 is 2.49 bits per heavy atom. The molecule has 2 atom stereocenters. The Balaban J connectivity index is 1.52. The first-order valence-electron chi connectivity index (χ1n) is 13.3. The predicted molar refractivity (Wildman–Crippen MR) is 159 cm³/mol. The van der Waals surface area contributed by atoms with Crippen LogP contribution in [-0.2, 0) is 35.9 Å². The van der Waals surface area contributed by atoms with Gasteiger partial charge in [0.2, 0.25) is 16.0 Å². The van der Waals surface area contributed by atoms with Crippen molar-refractivity contribution >= 4 is 50.1 Å². The lowest BCUT2D eigenvalue weighted by molar-refractivity contribution is -0.294. The molecule has 240 valence electrons. The summed E-state index contributed by atoms with van der Waals surface area (Å²) in [5.74, 6) is -0.761. The van der Waals surface area contributed by atoms with Crippen LogP contribution in [0.5, 0.6) is 0 Å². The highest BCUT2D eigenvalue weighted by Gasteiger charge is 2.53. The van der Waals surface area contributed by atoms with Gasteiger partial charge < -0.3 is 15.3 Å². The van der Waals surface area contributed by atoms with Crippen molar-refractivity contribution in [1.29, 1.82) is 0 Å². The van der Waals surface area contributed by atoms with E-state index in [1.165, 1.54) is 23.7 Å². The maximum Gasteiger partial charge on any atom is 0.438 e. The summed E-state index contributed by atoms with van der Waals surface area (Å²) in [5.41, 5.74) is -1.30. The molecule has 0 bridgehead atoms. The molecule has 1 amide bonds. The highest BCUT2D eigenvalue weighted by Crippen LogP contribution is 2.36. The number of nitrogens with zero attached hydrogens (tertiary/aromatic N) is 6. The number of benzene rings is 1. The van der Waals surface area contributed by atoms with Crippen LogP contribution in [-0.4, -0.2) is 56.2 Å². The molecule has 3 N–H and O–H groups in total. The Bertz CT molecular complexity index is 2000. The number of carbonyl (C=O) groups excluding carboxylic acids is 1. The average Bonchev–Trinajstić information content (AvgIpc) is 3.50. The number of aryl methyl sites for hydroxylation is 1. The molecule has 45 heavy (non-hydrogen) atoms. The molecular weight excluding hydrogens is 641 g/mol. The number of rotatable bonds is 7. The fraction of sp³-hybridized carbons (Fsp3) is 0.370. The molecule has 0 spiro atoms. The van der Waals surface area contributed by atoms with E-state index in [-0.39, 0.29) is 41.1 Å². The standard InChI is InChI=1S/C27H28ClF3N8O5S/c1-13-8-16(14(2)32-18-6-7-20(28)33-22(18)23(40)36-45(5,43)44)21-17(9-13)24(41)37(4)25(34-21)38-10-15-11-39(35-19(15)12-38)26(3,42)27(29,30)31/h6-9,11,14,32,42H,10,12H2,1-5H3,(H,36,40)/t14-,26-/m1/s1. The van der Waals surface area contributed by atoms with Crippen molar-refractivity contribution in [2.75, 3.05) is 16.5 Å². The SMILES string of the molecule is Cc1cc([C@@H](C)Nc2ccc(Cl)nc2C(=O)NS(C)(=O)=O)c2nc(N3Cc4cn([C@](C)(O)C(F)(F)F)nc4C3)n(C)c(=O)c2c1. The molecule has 0 unspecified atom stereocenters. The molecule has 0 saturated carbocycles. The number of fused-ring (bicyclic) bond motifs is 2. The lowest BCUT2D eigenvalue weighted by atomic mass is 10.0. The number of halogens is 4. The predicted octanol–water partition coefficient (Wildman–Crippen LogP) is 3.10. The fourth-order valence-corrected chi connectivity index (χ4v) is 5.63. The van der Waals surface area contributed by atoms with Gasteiger partial charge in [-0.1, -0.05) is 17.7 Å². The molecule has 0 fully saturated rings. The Kier molecular flexibility index (Phi) is 7.86. The van der Waals surface area contributed by atoms with Crippen LogP contribution in [0.15, 0.2) is 35.3 Å². The Morgan fingerprint density at radius 2 is 1.87 bits per heavy atom. The molecule has 5 rings (SSSR count). The summed E-state index contributed by atoms with van der Waals surface area (Å²) in [6.07, 6.45) is -3.00. The smallest absolute Gasteiger partial charge is 0.377 e. The number of alkyl halides is 3. The van der Waals surface area contributed by atoms with Crippen molar-refractivity contribution in [3.8, 4) is 0 Å². The van der Waals surface area contributed by atoms with E-state index in [0.717, 1.165) is 18.0 Å². The summed E-state index contributed by atoms with van der Waals surface area (Å²) in [7, 11) is -2.37. The first kappa shape index (κ1) is 32.2. The number of carbonyl (C=O) groups is 1. The number of sulfonamides is 1. The molecule has 0 radical (unpaired) electrons.